The van der Waals surface area contributed by atoms with Gasteiger partial charge in [-0.25, -0.2) is 4.39 Å². The van der Waals surface area contributed by atoms with Crippen LogP contribution in [0.1, 0.15) is 27.9 Å². The lowest BCUT2D eigenvalue weighted by molar-refractivity contribution is 0.102. The average Bonchev–Trinajstić information content (AvgIpc) is 2.48. The van der Waals surface area contributed by atoms with E-state index in [2.05, 4.69) is 5.32 Å². The van der Waals surface area contributed by atoms with Crippen molar-refractivity contribution in [2.75, 3.05) is 11.9 Å². The van der Waals surface area contributed by atoms with Crippen LogP contribution in [0.15, 0.2) is 42.5 Å². The molecule has 0 aromatic heterocycles. The molecule has 0 saturated carbocycles. The van der Waals surface area contributed by atoms with Gasteiger partial charge in [0.2, 0.25) is 0 Å². The van der Waals surface area contributed by atoms with Gasteiger partial charge in [0.15, 0.2) is 0 Å². The van der Waals surface area contributed by atoms with Gasteiger partial charge >= 0.3 is 0 Å². The zero-order valence-electron chi connectivity index (χ0n) is 12.0. The Bertz CT molecular complexity index is 640. The first-order valence-corrected chi connectivity index (χ1v) is 6.97. The van der Waals surface area contributed by atoms with E-state index in [0.29, 0.717) is 17.8 Å². The first-order valence-electron chi connectivity index (χ1n) is 6.97. The van der Waals surface area contributed by atoms with E-state index in [1.54, 1.807) is 25.1 Å². The van der Waals surface area contributed by atoms with Crippen molar-refractivity contribution < 1.29 is 9.18 Å². The van der Waals surface area contributed by atoms with Gasteiger partial charge in [0, 0.05) is 5.69 Å². The topological polar surface area (TPSA) is 55.1 Å². The third kappa shape index (κ3) is 3.89. The lowest BCUT2D eigenvalue weighted by atomic mass is 10.1. The molecule has 0 radical (unpaired) electrons. The summed E-state index contributed by atoms with van der Waals surface area (Å²) >= 11 is 0. The number of nitrogens with one attached hydrogen (secondary N) is 1. The quantitative estimate of drug-likeness (QED) is 0.886. The number of nitrogens with two attached hydrogens (primary N) is 1. The summed E-state index contributed by atoms with van der Waals surface area (Å²) in [5.74, 6) is -0.915. The van der Waals surface area contributed by atoms with Gasteiger partial charge in [0.1, 0.15) is 5.82 Å². The molecule has 2 rings (SSSR count). The van der Waals surface area contributed by atoms with Crippen molar-refractivity contribution in [3.8, 4) is 0 Å². The van der Waals surface area contributed by atoms with E-state index in [1.807, 2.05) is 18.2 Å². The first kappa shape index (κ1) is 15.2. The minimum atomic E-state index is -0.478. The molecule has 0 fully saturated rings. The summed E-state index contributed by atoms with van der Waals surface area (Å²) in [4.78, 5) is 12.1. The largest absolute Gasteiger partial charge is 0.330 e. The number of anilines is 1. The first-order chi connectivity index (χ1) is 10.1. The summed E-state index contributed by atoms with van der Waals surface area (Å²) in [5.41, 5.74) is 7.77. The number of hydrogen-bond donors (Lipinski definition) is 2. The van der Waals surface area contributed by atoms with Gasteiger partial charge in [-0.15, -0.1) is 0 Å². The summed E-state index contributed by atoms with van der Waals surface area (Å²) in [6.07, 6.45) is 1.75. The number of halogens is 1. The Hall–Kier alpha value is -2.20. The van der Waals surface area contributed by atoms with Gasteiger partial charge in [-0.05, 0) is 55.6 Å². The Labute approximate surface area is 124 Å². The van der Waals surface area contributed by atoms with Crippen LogP contribution in [-0.4, -0.2) is 12.5 Å². The number of hydrogen-bond acceptors (Lipinski definition) is 2. The Kier molecular flexibility index (Phi) is 5.06. The maximum Gasteiger partial charge on any atom is 0.258 e. The Morgan fingerprint density at radius 3 is 2.76 bits per heavy atom. The second kappa shape index (κ2) is 6.99. The summed E-state index contributed by atoms with van der Waals surface area (Å²) in [5, 5.41) is 2.73. The predicted molar refractivity (Wildman–Crippen MR) is 82.9 cm³/mol. The van der Waals surface area contributed by atoms with Gasteiger partial charge in [-0.3, -0.25) is 4.79 Å². The molecule has 0 aliphatic carbocycles. The van der Waals surface area contributed by atoms with Crippen LogP contribution in [-0.2, 0) is 6.42 Å². The van der Waals surface area contributed by atoms with E-state index < -0.39 is 11.7 Å². The number of benzene rings is 2. The van der Waals surface area contributed by atoms with Crippen LogP contribution in [0.25, 0.3) is 0 Å². The minimum absolute atomic E-state index is 0.0577. The molecule has 1 amide bonds. The van der Waals surface area contributed by atoms with Crippen LogP contribution in [0.5, 0.6) is 0 Å². The molecule has 3 nitrogen and oxygen atoms in total. The third-order valence-corrected chi connectivity index (χ3v) is 3.29. The molecule has 2 aromatic rings. The molecule has 0 aliphatic rings. The van der Waals surface area contributed by atoms with Gasteiger partial charge in [0.25, 0.3) is 5.91 Å². The summed E-state index contributed by atoms with van der Waals surface area (Å²) in [6.45, 7) is 2.27. The zero-order valence-corrected chi connectivity index (χ0v) is 12.0. The molecule has 0 unspecified atom stereocenters. The second-order valence-electron chi connectivity index (χ2n) is 4.98. The van der Waals surface area contributed by atoms with Gasteiger partial charge in [-0.2, -0.15) is 0 Å². The van der Waals surface area contributed by atoms with Crippen molar-refractivity contribution >= 4 is 11.6 Å². The lowest BCUT2D eigenvalue weighted by Crippen LogP contribution is -2.14. The number of amides is 1. The molecule has 0 bridgehead atoms. The molecule has 110 valence electrons. The highest BCUT2D eigenvalue weighted by Gasteiger charge is 2.13. The van der Waals surface area contributed by atoms with Crippen molar-refractivity contribution in [3.63, 3.8) is 0 Å². The Morgan fingerprint density at radius 2 is 2.00 bits per heavy atom. The molecule has 3 N–H and O–H groups in total. The molecule has 0 spiro atoms. The van der Waals surface area contributed by atoms with Gasteiger partial charge in [0.05, 0.1) is 5.56 Å². The molecule has 0 saturated heterocycles. The van der Waals surface area contributed by atoms with E-state index >= 15 is 0 Å². The maximum atomic E-state index is 13.9. The average molecular weight is 286 g/mol. The second-order valence-corrected chi connectivity index (χ2v) is 4.98. The fraction of sp³-hybridized carbons (Fsp3) is 0.235. The summed E-state index contributed by atoms with van der Waals surface area (Å²) in [6, 6.07) is 12.3. The predicted octanol–water partition coefficient (Wildman–Crippen LogP) is 3.28. The fourth-order valence-corrected chi connectivity index (χ4v) is 2.13. The molecular weight excluding hydrogens is 267 g/mol. The number of carbonyl (C=O) groups is 1. The molecule has 0 heterocycles. The third-order valence-electron chi connectivity index (χ3n) is 3.29. The number of rotatable bonds is 5. The van der Waals surface area contributed by atoms with Crippen LogP contribution >= 0.6 is 0 Å². The zero-order chi connectivity index (χ0) is 15.2. The standard InChI is InChI=1S/C17H19FN2O/c1-12-5-2-9-15(16(12)18)17(21)20-14-8-3-6-13(11-14)7-4-10-19/h2-3,5-6,8-9,11H,4,7,10,19H2,1H3,(H,20,21). The van der Waals surface area contributed by atoms with Crippen molar-refractivity contribution in [2.24, 2.45) is 5.73 Å². The molecule has 0 atom stereocenters. The SMILES string of the molecule is Cc1cccc(C(=O)Nc2cccc(CCCN)c2)c1F. The van der Waals surface area contributed by atoms with Crippen LogP contribution in [0.4, 0.5) is 10.1 Å². The highest BCUT2D eigenvalue weighted by Crippen LogP contribution is 2.16. The molecule has 4 heteroatoms. The molecular formula is C17H19FN2O. The van der Waals surface area contributed by atoms with Crippen LogP contribution in [0.2, 0.25) is 0 Å². The van der Waals surface area contributed by atoms with Crippen LogP contribution < -0.4 is 11.1 Å². The van der Waals surface area contributed by atoms with Gasteiger partial charge in [-0.1, -0.05) is 24.3 Å². The molecule has 2 aromatic carbocycles. The van der Waals surface area contributed by atoms with E-state index in [0.717, 1.165) is 18.4 Å². The number of carbonyl (C=O) groups excluding carboxylic acids is 1. The van der Waals surface area contributed by atoms with E-state index in [1.165, 1.54) is 6.07 Å². The monoisotopic (exact) mass is 286 g/mol. The maximum absolute atomic E-state index is 13.9. The minimum Gasteiger partial charge on any atom is -0.330 e. The van der Waals surface area contributed by atoms with E-state index in [-0.39, 0.29) is 5.56 Å². The van der Waals surface area contributed by atoms with Crippen molar-refractivity contribution in [3.05, 3.63) is 65.0 Å². The van der Waals surface area contributed by atoms with E-state index in [9.17, 15) is 9.18 Å². The van der Waals surface area contributed by atoms with Crippen LogP contribution in [0, 0.1) is 12.7 Å². The van der Waals surface area contributed by atoms with Crippen molar-refractivity contribution in [1.29, 1.82) is 0 Å². The summed E-state index contributed by atoms with van der Waals surface area (Å²) in [7, 11) is 0. The molecule has 21 heavy (non-hydrogen) atoms. The smallest absolute Gasteiger partial charge is 0.258 e. The Balaban J connectivity index is 2.14. The Morgan fingerprint density at radius 1 is 1.24 bits per heavy atom. The highest BCUT2D eigenvalue weighted by molar-refractivity contribution is 6.04. The van der Waals surface area contributed by atoms with Crippen molar-refractivity contribution in [1.82, 2.24) is 0 Å². The van der Waals surface area contributed by atoms with E-state index in [4.69, 9.17) is 5.73 Å². The van der Waals surface area contributed by atoms with Crippen LogP contribution in [0.3, 0.4) is 0 Å². The highest BCUT2D eigenvalue weighted by atomic mass is 19.1. The number of aryl methyl sites for hydroxylation is 2. The molecule has 0 aliphatic heterocycles. The van der Waals surface area contributed by atoms with Gasteiger partial charge < -0.3 is 11.1 Å². The lowest BCUT2D eigenvalue weighted by Gasteiger charge is -2.09. The normalized spacial score (nSPS) is 10.4. The fourth-order valence-electron chi connectivity index (χ4n) is 2.13. The summed E-state index contributed by atoms with van der Waals surface area (Å²) < 4.78 is 13.9. The van der Waals surface area contributed by atoms with Crippen molar-refractivity contribution in [2.45, 2.75) is 19.8 Å².